The van der Waals surface area contributed by atoms with Crippen LogP contribution in [-0.4, -0.2) is 23.1 Å². The molecule has 0 bridgehead atoms. The first kappa shape index (κ1) is 16.0. The van der Waals surface area contributed by atoms with Crippen LogP contribution in [0.2, 0.25) is 0 Å². The number of halogens is 3. The molecule has 0 amide bonds. The molecule has 130 valence electrons. The van der Waals surface area contributed by atoms with E-state index in [-0.39, 0.29) is 12.8 Å². The van der Waals surface area contributed by atoms with Crippen molar-refractivity contribution in [2.45, 2.75) is 32.5 Å². The van der Waals surface area contributed by atoms with E-state index in [2.05, 4.69) is 11.5 Å². The average molecular weight is 348 g/mol. The Labute approximate surface area is 143 Å². The van der Waals surface area contributed by atoms with E-state index in [0.29, 0.717) is 5.75 Å². The molecule has 0 saturated heterocycles. The molecule has 2 aromatic rings. The van der Waals surface area contributed by atoms with Gasteiger partial charge in [0.2, 0.25) is 12.5 Å². The summed E-state index contributed by atoms with van der Waals surface area (Å²) in [6, 6.07) is 9.40. The van der Waals surface area contributed by atoms with Crippen molar-refractivity contribution in [1.82, 2.24) is 0 Å². The van der Waals surface area contributed by atoms with Gasteiger partial charge < -0.3 is 9.47 Å². The van der Waals surface area contributed by atoms with E-state index in [1.54, 1.807) is 0 Å². The lowest BCUT2D eigenvalue weighted by molar-refractivity contribution is -0.482. The zero-order valence-electron chi connectivity index (χ0n) is 13.9. The lowest BCUT2D eigenvalue weighted by atomic mass is 9.92. The zero-order chi connectivity index (χ0) is 17.8. The molecule has 25 heavy (non-hydrogen) atoms. The Morgan fingerprint density at radius 3 is 2.32 bits per heavy atom. The Bertz CT molecular complexity index is 869. The van der Waals surface area contributed by atoms with Gasteiger partial charge in [0.15, 0.2) is 23.3 Å². The Balaban J connectivity index is 1.80. The zero-order valence-corrected chi connectivity index (χ0v) is 13.9. The first-order valence-corrected chi connectivity index (χ1v) is 8.07. The smallest absolute Gasteiger partial charge is 0.416 e. The Hall–Kier alpha value is -2.50. The maximum absolute atomic E-state index is 12.8. The van der Waals surface area contributed by atoms with Crippen LogP contribution in [0.5, 0.6) is 11.5 Å². The van der Waals surface area contributed by atoms with Gasteiger partial charge in [-0.05, 0) is 36.8 Å². The summed E-state index contributed by atoms with van der Waals surface area (Å²) in [5, 5.41) is 0. The van der Waals surface area contributed by atoms with Crippen molar-refractivity contribution in [3.63, 3.8) is 0 Å². The van der Waals surface area contributed by atoms with Gasteiger partial charge in [-0.15, -0.1) is 0 Å². The molecule has 0 aromatic heterocycles. The molecule has 2 aliphatic heterocycles. The van der Waals surface area contributed by atoms with Gasteiger partial charge in [-0.1, -0.05) is 0 Å². The molecule has 0 fully saturated rings. The van der Waals surface area contributed by atoms with Crippen LogP contribution in [0.15, 0.2) is 36.4 Å². The molecule has 0 radical (unpaired) electrons. The summed E-state index contributed by atoms with van der Waals surface area (Å²) in [5.74, 6) is 1.46. The number of fused-ring (bicyclic) bond motifs is 2. The van der Waals surface area contributed by atoms with Crippen LogP contribution in [0.4, 0.5) is 18.9 Å². The maximum atomic E-state index is 12.8. The van der Waals surface area contributed by atoms with Gasteiger partial charge in [0.25, 0.3) is 0 Å². The minimum absolute atomic E-state index is 0.129. The molecule has 3 nitrogen and oxygen atoms in total. The van der Waals surface area contributed by atoms with E-state index in [9.17, 15) is 13.2 Å². The molecule has 1 unspecified atom stereocenters. The molecule has 2 aromatic carbocycles. The lowest BCUT2D eigenvalue weighted by Crippen LogP contribution is -2.32. The van der Waals surface area contributed by atoms with Crippen LogP contribution in [0.3, 0.4) is 0 Å². The van der Waals surface area contributed by atoms with Crippen LogP contribution < -0.4 is 9.47 Å². The molecule has 1 atom stereocenters. The summed E-state index contributed by atoms with van der Waals surface area (Å²) >= 11 is 0. The highest BCUT2D eigenvalue weighted by atomic mass is 19.4. The number of nitrogens with zero attached hydrogens (tertiary/aromatic N) is 1. The first-order chi connectivity index (χ1) is 11.8. The van der Waals surface area contributed by atoms with Gasteiger partial charge in [-0.25, -0.2) is 0 Å². The average Bonchev–Trinajstić information content (AvgIpc) is 3.00. The van der Waals surface area contributed by atoms with E-state index in [1.807, 2.05) is 19.1 Å². The quantitative estimate of drug-likeness (QED) is 0.706. The van der Waals surface area contributed by atoms with E-state index in [0.717, 1.165) is 46.8 Å². The van der Waals surface area contributed by atoms with Gasteiger partial charge in [0.1, 0.15) is 0 Å². The van der Waals surface area contributed by atoms with Crippen molar-refractivity contribution in [3.8, 4) is 11.5 Å². The van der Waals surface area contributed by atoms with E-state index >= 15 is 0 Å². The summed E-state index contributed by atoms with van der Waals surface area (Å²) in [7, 11) is 0. The monoisotopic (exact) mass is 348 g/mol. The minimum atomic E-state index is -4.32. The molecule has 0 aliphatic carbocycles. The molecule has 4 rings (SSSR count). The second-order valence-electron chi connectivity index (χ2n) is 6.42. The molecule has 0 spiro atoms. The molecule has 2 heterocycles. The predicted molar refractivity (Wildman–Crippen MR) is 86.9 cm³/mol. The van der Waals surface area contributed by atoms with Gasteiger partial charge in [0, 0.05) is 31.0 Å². The van der Waals surface area contributed by atoms with Crippen molar-refractivity contribution in [2.24, 2.45) is 0 Å². The SMILES string of the molecule is CC1=[N+](c2ccc(C(F)(F)F)cc2)C(C)Cc2cc3c(cc21)OCO3. The number of alkyl halides is 3. The third-order valence-corrected chi connectivity index (χ3v) is 4.78. The van der Waals surface area contributed by atoms with Crippen molar-refractivity contribution in [1.29, 1.82) is 0 Å². The van der Waals surface area contributed by atoms with Gasteiger partial charge in [-0.2, -0.15) is 17.7 Å². The number of rotatable bonds is 1. The Kier molecular flexibility index (Phi) is 3.52. The third-order valence-electron chi connectivity index (χ3n) is 4.78. The maximum Gasteiger partial charge on any atom is 0.416 e. The van der Waals surface area contributed by atoms with E-state index in [1.165, 1.54) is 12.1 Å². The largest absolute Gasteiger partial charge is 0.454 e. The Morgan fingerprint density at radius 2 is 1.68 bits per heavy atom. The van der Waals surface area contributed by atoms with Gasteiger partial charge in [0.05, 0.1) is 5.56 Å². The normalized spacial score (nSPS) is 19.2. The second kappa shape index (κ2) is 5.51. The standard InChI is InChI=1S/C19H17F3NO2/c1-11-7-13-8-17-18(25-10-24-17)9-16(13)12(2)23(11)15-5-3-14(4-6-15)19(20,21)22/h3-6,8-9,11H,7,10H2,1-2H3/q+1. The second-order valence-corrected chi connectivity index (χ2v) is 6.42. The molecule has 0 N–H and O–H groups in total. The highest BCUT2D eigenvalue weighted by Crippen LogP contribution is 2.38. The van der Waals surface area contributed by atoms with Crippen molar-refractivity contribution < 1.29 is 27.2 Å². The summed E-state index contributed by atoms with van der Waals surface area (Å²) < 4.78 is 51.4. The van der Waals surface area contributed by atoms with Crippen LogP contribution in [0.1, 0.15) is 30.5 Å². The van der Waals surface area contributed by atoms with Crippen LogP contribution in [0, 0.1) is 0 Å². The summed E-state index contributed by atoms with van der Waals surface area (Å²) in [6.45, 7) is 4.26. The number of hydrogen-bond acceptors (Lipinski definition) is 2. The summed E-state index contributed by atoms with van der Waals surface area (Å²) in [5.41, 5.74) is 3.31. The van der Waals surface area contributed by atoms with E-state index in [4.69, 9.17) is 9.47 Å². The third kappa shape index (κ3) is 2.65. The van der Waals surface area contributed by atoms with Crippen molar-refractivity contribution in [2.75, 3.05) is 6.79 Å². The molecule has 6 heteroatoms. The van der Waals surface area contributed by atoms with Crippen molar-refractivity contribution in [3.05, 3.63) is 53.1 Å². The lowest BCUT2D eigenvalue weighted by Gasteiger charge is -2.22. The van der Waals surface area contributed by atoms with Crippen LogP contribution >= 0.6 is 0 Å². The topological polar surface area (TPSA) is 21.5 Å². The summed E-state index contributed by atoms with van der Waals surface area (Å²) in [4.78, 5) is 0. The molecule has 2 aliphatic rings. The molecule has 0 saturated carbocycles. The van der Waals surface area contributed by atoms with Crippen molar-refractivity contribution >= 4 is 11.4 Å². The fourth-order valence-corrected chi connectivity index (χ4v) is 3.62. The fourth-order valence-electron chi connectivity index (χ4n) is 3.62. The minimum Gasteiger partial charge on any atom is -0.454 e. The van der Waals surface area contributed by atoms with Gasteiger partial charge >= 0.3 is 6.18 Å². The fraction of sp³-hybridized carbons (Fsp3) is 0.316. The molecular formula is C19H17F3NO2+. The van der Waals surface area contributed by atoms with E-state index < -0.39 is 11.7 Å². The number of benzene rings is 2. The first-order valence-electron chi connectivity index (χ1n) is 8.07. The highest BCUT2D eigenvalue weighted by molar-refractivity contribution is 5.98. The van der Waals surface area contributed by atoms with Gasteiger partial charge in [-0.3, -0.25) is 0 Å². The van der Waals surface area contributed by atoms with Crippen LogP contribution in [0.25, 0.3) is 0 Å². The Morgan fingerprint density at radius 1 is 1.04 bits per heavy atom. The predicted octanol–water partition coefficient (Wildman–Crippen LogP) is 4.53. The number of hydrogen-bond donors (Lipinski definition) is 0. The number of ether oxygens (including phenoxy) is 2. The molecular weight excluding hydrogens is 331 g/mol. The highest BCUT2D eigenvalue weighted by Gasteiger charge is 2.34. The summed E-state index contributed by atoms with van der Waals surface area (Å²) in [6.07, 6.45) is -3.54. The van der Waals surface area contributed by atoms with Crippen LogP contribution in [-0.2, 0) is 12.6 Å².